The lowest BCUT2D eigenvalue weighted by molar-refractivity contribution is -0.115. The van der Waals surface area contributed by atoms with Gasteiger partial charge in [0.2, 0.25) is 15.9 Å². The normalized spacial score (nSPS) is 15.3. The lowest BCUT2D eigenvalue weighted by Crippen LogP contribution is -2.47. The number of sulfonamides is 1. The van der Waals surface area contributed by atoms with E-state index >= 15 is 0 Å². The van der Waals surface area contributed by atoms with Crippen LogP contribution in [0.2, 0.25) is 0 Å². The molecule has 0 bridgehead atoms. The molecule has 2 aromatic heterocycles. The van der Waals surface area contributed by atoms with Gasteiger partial charge in [-0.05, 0) is 59.0 Å². The first-order valence-corrected chi connectivity index (χ1v) is 12.9. The molecule has 0 spiro atoms. The molecule has 35 heavy (non-hydrogen) atoms. The second-order valence-corrected chi connectivity index (χ2v) is 10.9. The number of hydrogen-bond donors (Lipinski definition) is 1. The summed E-state index contributed by atoms with van der Waals surface area (Å²) >= 11 is 0. The molecule has 0 saturated carbocycles. The van der Waals surface area contributed by atoms with Gasteiger partial charge in [0.05, 0.1) is 17.0 Å². The van der Waals surface area contributed by atoms with Crippen LogP contribution in [0, 0.1) is 27.7 Å². The highest BCUT2D eigenvalue weighted by atomic mass is 32.2. The van der Waals surface area contributed by atoms with Crippen molar-refractivity contribution in [3.8, 4) is 5.95 Å². The van der Waals surface area contributed by atoms with Crippen LogP contribution in [-0.2, 0) is 21.2 Å². The number of carbonyl (C=O) groups is 1. The molecule has 11 heteroatoms. The Morgan fingerprint density at radius 1 is 1.00 bits per heavy atom. The molecule has 4 rings (SSSR count). The molecule has 1 amide bonds. The van der Waals surface area contributed by atoms with Crippen molar-refractivity contribution in [3.05, 3.63) is 58.7 Å². The van der Waals surface area contributed by atoms with E-state index in [2.05, 4.69) is 25.3 Å². The number of rotatable bonds is 6. The molecule has 1 aromatic carbocycles. The van der Waals surface area contributed by atoms with Crippen molar-refractivity contribution in [2.45, 2.75) is 39.0 Å². The van der Waals surface area contributed by atoms with Crippen molar-refractivity contribution in [3.63, 3.8) is 0 Å². The Hall–Kier alpha value is -3.15. The van der Waals surface area contributed by atoms with E-state index in [1.165, 1.54) is 10.4 Å². The third-order valence-corrected chi connectivity index (χ3v) is 8.05. The van der Waals surface area contributed by atoms with Crippen molar-refractivity contribution in [1.29, 1.82) is 0 Å². The molecule has 1 aliphatic rings. The van der Waals surface area contributed by atoms with Gasteiger partial charge < -0.3 is 10.2 Å². The van der Waals surface area contributed by atoms with Gasteiger partial charge in [-0.25, -0.2) is 23.1 Å². The third kappa shape index (κ3) is 5.42. The molecule has 3 heterocycles. The number of anilines is 1. The number of nitrogens with zero attached hydrogens (tertiary/aromatic N) is 6. The Balaban J connectivity index is 1.50. The average Bonchev–Trinajstić information content (AvgIpc) is 3.07. The predicted octanol–water partition coefficient (Wildman–Crippen LogP) is 2.01. The summed E-state index contributed by atoms with van der Waals surface area (Å²) in [5.41, 5.74) is 4.40. The number of aryl methyl sites for hydroxylation is 3. The molecular weight excluding hydrogens is 466 g/mol. The molecule has 0 aliphatic carbocycles. The minimum atomic E-state index is -3.62. The number of piperazine rings is 1. The van der Waals surface area contributed by atoms with Gasteiger partial charge in [0, 0.05) is 54.5 Å². The molecule has 3 aromatic rings. The van der Waals surface area contributed by atoms with Crippen LogP contribution in [0.25, 0.3) is 5.95 Å². The summed E-state index contributed by atoms with van der Waals surface area (Å²) in [4.78, 5) is 24.1. The topological polar surface area (TPSA) is 113 Å². The molecule has 1 aliphatic heterocycles. The van der Waals surface area contributed by atoms with E-state index in [1.807, 2.05) is 40.8 Å². The summed E-state index contributed by atoms with van der Waals surface area (Å²) in [5.74, 6) is 0.211. The van der Waals surface area contributed by atoms with Crippen LogP contribution >= 0.6 is 0 Å². The van der Waals surface area contributed by atoms with Gasteiger partial charge in [0.15, 0.2) is 0 Å². The minimum Gasteiger partial charge on any atom is -0.326 e. The maximum atomic E-state index is 13.1. The Bertz CT molecular complexity index is 1340. The monoisotopic (exact) mass is 497 g/mol. The first kappa shape index (κ1) is 25.0. The molecule has 0 unspecified atom stereocenters. The molecule has 1 saturated heterocycles. The molecule has 1 fully saturated rings. The summed E-state index contributed by atoms with van der Waals surface area (Å²) in [7, 11) is -1.65. The van der Waals surface area contributed by atoms with E-state index in [4.69, 9.17) is 0 Å². The van der Waals surface area contributed by atoms with Crippen LogP contribution in [-0.4, -0.2) is 76.5 Å². The Morgan fingerprint density at radius 2 is 1.66 bits per heavy atom. The van der Waals surface area contributed by atoms with Crippen LogP contribution < -0.4 is 5.32 Å². The molecule has 1 N–H and O–H groups in total. The Kier molecular flexibility index (Phi) is 7.02. The second kappa shape index (κ2) is 9.84. The molecule has 0 atom stereocenters. The lowest BCUT2D eigenvalue weighted by atomic mass is 10.1. The average molecular weight is 498 g/mol. The smallest absolute Gasteiger partial charge is 0.251 e. The van der Waals surface area contributed by atoms with E-state index in [0.29, 0.717) is 43.5 Å². The number of benzene rings is 1. The molecule has 0 radical (unpaired) electrons. The first-order valence-electron chi connectivity index (χ1n) is 11.5. The van der Waals surface area contributed by atoms with Crippen LogP contribution in [0.15, 0.2) is 35.2 Å². The highest BCUT2D eigenvalue weighted by Gasteiger charge is 2.27. The van der Waals surface area contributed by atoms with E-state index in [1.54, 1.807) is 22.9 Å². The van der Waals surface area contributed by atoms with Gasteiger partial charge in [-0.3, -0.25) is 4.79 Å². The summed E-state index contributed by atoms with van der Waals surface area (Å²) in [6.45, 7) is 9.80. The van der Waals surface area contributed by atoms with Gasteiger partial charge in [0.25, 0.3) is 5.95 Å². The fraction of sp³-hybridized carbons (Fsp3) is 0.417. The van der Waals surface area contributed by atoms with Gasteiger partial charge in [-0.1, -0.05) is 6.07 Å². The molecular formula is C24H31N7O3S. The van der Waals surface area contributed by atoms with Crippen molar-refractivity contribution in [2.75, 3.05) is 38.5 Å². The minimum absolute atomic E-state index is 0.0951. The fourth-order valence-electron chi connectivity index (χ4n) is 4.21. The highest BCUT2D eigenvalue weighted by Crippen LogP contribution is 2.22. The number of nitrogens with one attached hydrogen (secondary N) is 1. The maximum absolute atomic E-state index is 13.1. The van der Waals surface area contributed by atoms with Crippen molar-refractivity contribution in [2.24, 2.45) is 0 Å². The van der Waals surface area contributed by atoms with Gasteiger partial charge >= 0.3 is 0 Å². The van der Waals surface area contributed by atoms with E-state index in [9.17, 15) is 13.2 Å². The largest absolute Gasteiger partial charge is 0.326 e. The number of hydrogen-bond acceptors (Lipinski definition) is 7. The van der Waals surface area contributed by atoms with Crippen LogP contribution in [0.3, 0.4) is 0 Å². The summed E-state index contributed by atoms with van der Waals surface area (Å²) in [5, 5.41) is 7.39. The number of aromatic nitrogens is 4. The van der Waals surface area contributed by atoms with E-state index in [-0.39, 0.29) is 17.2 Å². The number of likely N-dealkylation sites (N-methyl/N-ethyl adjacent to an activating group) is 1. The summed E-state index contributed by atoms with van der Waals surface area (Å²) in [6.07, 6.45) is 0.0951. The zero-order valence-corrected chi connectivity index (χ0v) is 21.6. The van der Waals surface area contributed by atoms with Crippen molar-refractivity contribution < 1.29 is 13.2 Å². The predicted molar refractivity (Wildman–Crippen MR) is 133 cm³/mol. The number of amides is 1. The van der Waals surface area contributed by atoms with Gasteiger partial charge in [0.1, 0.15) is 0 Å². The maximum Gasteiger partial charge on any atom is 0.251 e. The van der Waals surface area contributed by atoms with E-state index in [0.717, 1.165) is 22.6 Å². The van der Waals surface area contributed by atoms with Crippen LogP contribution in [0.1, 0.15) is 28.3 Å². The molecule has 186 valence electrons. The summed E-state index contributed by atoms with van der Waals surface area (Å²) in [6, 6.07) is 8.29. The lowest BCUT2D eigenvalue weighted by Gasteiger charge is -2.31. The SMILES string of the molecule is Cc1cc(C)nc(-n2nc(C)c(CC(=O)Nc3cccc(S(=O)(=O)N4CCN(C)CC4)c3)c2C)n1. The number of carbonyl (C=O) groups excluding carboxylic acids is 1. The summed E-state index contributed by atoms with van der Waals surface area (Å²) < 4.78 is 29.3. The molecule has 10 nitrogen and oxygen atoms in total. The standard InChI is InChI=1S/C24H31N7O3S/c1-16-13-17(2)26-24(25-16)31-19(4)22(18(3)28-31)15-23(32)27-20-7-6-8-21(14-20)35(33,34)30-11-9-29(5)10-12-30/h6-8,13-14H,9-12,15H2,1-5H3,(H,27,32). The van der Waals surface area contributed by atoms with Crippen molar-refractivity contribution in [1.82, 2.24) is 29.0 Å². The van der Waals surface area contributed by atoms with Crippen LogP contribution in [0.4, 0.5) is 5.69 Å². The first-order chi connectivity index (χ1) is 16.5. The Morgan fingerprint density at radius 3 is 2.31 bits per heavy atom. The van der Waals surface area contributed by atoms with Crippen molar-refractivity contribution >= 4 is 21.6 Å². The van der Waals surface area contributed by atoms with E-state index < -0.39 is 10.0 Å². The highest BCUT2D eigenvalue weighted by molar-refractivity contribution is 7.89. The quantitative estimate of drug-likeness (QED) is 0.554. The zero-order valence-electron chi connectivity index (χ0n) is 20.7. The second-order valence-electron chi connectivity index (χ2n) is 8.97. The van der Waals surface area contributed by atoms with Crippen LogP contribution in [0.5, 0.6) is 0 Å². The zero-order chi connectivity index (χ0) is 25.3. The third-order valence-electron chi connectivity index (χ3n) is 6.16. The van der Waals surface area contributed by atoms with Gasteiger partial charge in [-0.2, -0.15) is 9.40 Å². The van der Waals surface area contributed by atoms with Gasteiger partial charge in [-0.15, -0.1) is 0 Å². The fourth-order valence-corrected chi connectivity index (χ4v) is 5.67. The Labute approximate surface area is 206 Å².